The molecule has 352 valence electrons. The fourth-order valence-corrected chi connectivity index (χ4v) is 14.3. The number of allylic oxidation sites excluding steroid dienone is 4. The van der Waals surface area contributed by atoms with E-state index in [1.165, 1.54) is 6.07 Å². The molecule has 0 amide bonds. The number of unbranched alkanes of at least 4 members (excludes halogenated alkanes) is 1. The SMILES string of the molecule is CC1(C)C(C=C/C=C2\C(C)(C)c3c(ccc4cc(S(=O)(=O)O)cc(SOOO)c34)[N+]23CCCC3S(=O)(=O)O)=[N+](CCCCS(=O)(=O)O)c2ccc3cc(SOOO)cc(S(=O)(=O)O)c3c21. The summed E-state index contributed by atoms with van der Waals surface area (Å²) in [5.41, 5.74) is 0.852. The van der Waals surface area contributed by atoms with Crippen LogP contribution in [0.15, 0.2) is 92.0 Å². The lowest BCUT2D eigenvalue weighted by Crippen LogP contribution is -2.55. The second-order valence-corrected chi connectivity index (χ2v) is 24.2. The molecule has 1 fully saturated rings. The maximum Gasteiger partial charge on any atom is 0.320 e. The van der Waals surface area contributed by atoms with E-state index in [4.69, 9.17) is 14.8 Å². The quantitative estimate of drug-likeness (QED) is 0.0124. The van der Waals surface area contributed by atoms with E-state index >= 15 is 0 Å². The molecule has 6 N–H and O–H groups in total. The second-order valence-electron chi connectivity index (χ2n) is 16.8. The van der Waals surface area contributed by atoms with Crippen molar-refractivity contribution in [2.75, 3.05) is 18.8 Å². The third-order valence-corrected chi connectivity index (χ3v) is 17.3. The molecule has 2 unspecified atom stereocenters. The Bertz CT molecular complexity index is 3190. The molecule has 2 atom stereocenters. The molecule has 20 nitrogen and oxygen atoms in total. The van der Waals surface area contributed by atoms with Crippen LogP contribution < -0.4 is 4.48 Å². The summed E-state index contributed by atoms with van der Waals surface area (Å²) in [6.45, 7) is 7.66. The third-order valence-electron chi connectivity index (χ3n) is 12.3. The van der Waals surface area contributed by atoms with Crippen molar-refractivity contribution in [1.29, 1.82) is 0 Å². The Morgan fingerprint density at radius 1 is 0.785 bits per heavy atom. The first-order valence-corrected chi connectivity index (χ1v) is 27.0. The molecular formula is C39H44N2O18S6+2. The van der Waals surface area contributed by atoms with Gasteiger partial charge in [0.15, 0.2) is 5.71 Å². The van der Waals surface area contributed by atoms with E-state index in [2.05, 4.69) is 14.4 Å². The largest absolute Gasteiger partial charge is 0.320 e. The predicted molar refractivity (Wildman–Crippen MR) is 239 cm³/mol. The molecule has 0 bridgehead atoms. The summed E-state index contributed by atoms with van der Waals surface area (Å²) in [7, 11) is -18.7. The van der Waals surface area contributed by atoms with Crippen LogP contribution in [0.4, 0.5) is 11.4 Å². The van der Waals surface area contributed by atoms with Crippen molar-refractivity contribution in [2.24, 2.45) is 0 Å². The fourth-order valence-electron chi connectivity index (χ4n) is 10.00. The number of hydrogen-bond donors (Lipinski definition) is 6. The maximum absolute atomic E-state index is 13.4. The van der Waals surface area contributed by atoms with E-state index in [0.29, 0.717) is 80.6 Å². The van der Waals surface area contributed by atoms with Gasteiger partial charge in [-0.3, -0.25) is 18.2 Å². The van der Waals surface area contributed by atoms with E-state index in [9.17, 15) is 51.9 Å². The zero-order valence-electron chi connectivity index (χ0n) is 34.8. The summed E-state index contributed by atoms with van der Waals surface area (Å²) in [6, 6.07) is 11.6. The summed E-state index contributed by atoms with van der Waals surface area (Å²) >= 11 is 0.929. The predicted octanol–water partition coefficient (Wildman–Crippen LogP) is 7.13. The van der Waals surface area contributed by atoms with Gasteiger partial charge in [-0.25, -0.2) is 15.0 Å². The summed E-state index contributed by atoms with van der Waals surface area (Å²) < 4.78 is 152. The molecule has 7 rings (SSSR count). The van der Waals surface area contributed by atoms with Gasteiger partial charge in [-0.1, -0.05) is 16.2 Å². The van der Waals surface area contributed by atoms with E-state index in [-0.39, 0.29) is 52.0 Å². The average molecular weight is 1020 g/mol. The van der Waals surface area contributed by atoms with Crippen molar-refractivity contribution in [2.45, 2.75) is 89.2 Å². The molecule has 4 aromatic rings. The normalized spacial score (nSPS) is 21.4. The number of nitrogens with zero attached hydrogens (tertiary/aromatic N) is 2. The van der Waals surface area contributed by atoms with E-state index in [0.717, 1.165) is 12.1 Å². The number of benzene rings is 4. The first-order chi connectivity index (χ1) is 30.2. The van der Waals surface area contributed by atoms with Gasteiger partial charge in [0, 0.05) is 69.2 Å². The summed E-state index contributed by atoms with van der Waals surface area (Å²) in [4.78, 5) is -0.741. The molecule has 0 saturated carbocycles. The Kier molecular flexibility index (Phi) is 13.4. The average Bonchev–Trinajstić information content (AvgIpc) is 3.80. The third kappa shape index (κ3) is 9.06. The maximum atomic E-state index is 13.4. The molecule has 0 aliphatic carbocycles. The number of fused-ring (bicyclic) bond motifs is 7. The van der Waals surface area contributed by atoms with Crippen LogP contribution >= 0.6 is 24.1 Å². The van der Waals surface area contributed by atoms with Crippen LogP contribution in [0.2, 0.25) is 0 Å². The number of hydrogen-bond acceptors (Lipinski definition) is 16. The van der Waals surface area contributed by atoms with Gasteiger partial charge in [-0.2, -0.15) is 38.2 Å². The van der Waals surface area contributed by atoms with Crippen LogP contribution in [0.3, 0.4) is 0 Å². The first kappa shape index (κ1) is 49.5. The highest BCUT2D eigenvalue weighted by molar-refractivity contribution is 7.95. The molecule has 1 spiro atoms. The molecule has 1 saturated heterocycles. The molecule has 4 aromatic carbocycles. The van der Waals surface area contributed by atoms with E-state index in [1.807, 2.05) is 32.3 Å². The van der Waals surface area contributed by atoms with E-state index < -0.39 is 72.2 Å². The highest BCUT2D eigenvalue weighted by atomic mass is 32.2. The van der Waals surface area contributed by atoms with Gasteiger partial charge in [0.05, 0.1) is 52.1 Å². The van der Waals surface area contributed by atoms with Crippen LogP contribution in [0.25, 0.3) is 21.5 Å². The lowest BCUT2D eigenvalue weighted by molar-refractivity contribution is -0.438. The Balaban J connectivity index is 1.46. The molecule has 26 heteroatoms. The zero-order valence-corrected chi connectivity index (χ0v) is 39.7. The minimum absolute atomic E-state index is 0.0579. The van der Waals surface area contributed by atoms with Crippen molar-refractivity contribution in [3.63, 3.8) is 0 Å². The van der Waals surface area contributed by atoms with Crippen molar-refractivity contribution in [3.8, 4) is 0 Å². The Morgan fingerprint density at radius 3 is 2.08 bits per heavy atom. The zero-order chi connectivity index (χ0) is 47.7. The van der Waals surface area contributed by atoms with Gasteiger partial charge in [0.2, 0.25) is 11.1 Å². The smallest absolute Gasteiger partial charge is 0.286 e. The van der Waals surface area contributed by atoms with Crippen LogP contribution in [0.5, 0.6) is 0 Å². The molecule has 0 radical (unpaired) electrons. The number of rotatable bonds is 16. The molecule has 3 aliphatic rings. The minimum atomic E-state index is -4.92. The topological polar surface area (TPSA) is 298 Å². The Hall–Kier alpha value is -3.39. The molecule has 0 aromatic heterocycles. The van der Waals surface area contributed by atoms with Crippen LogP contribution in [0.1, 0.15) is 64.5 Å². The van der Waals surface area contributed by atoms with Crippen molar-refractivity contribution >= 4 is 103 Å². The highest BCUT2D eigenvalue weighted by Gasteiger charge is 2.63. The monoisotopic (exact) mass is 1020 g/mol. The number of quaternary nitrogens is 1. The van der Waals surface area contributed by atoms with Crippen molar-refractivity contribution < 1.29 is 85.7 Å². The Morgan fingerprint density at radius 2 is 1.45 bits per heavy atom. The van der Waals surface area contributed by atoms with Gasteiger partial charge < -0.3 is 0 Å². The van der Waals surface area contributed by atoms with Crippen molar-refractivity contribution in [3.05, 3.63) is 83.6 Å². The first-order valence-electron chi connectivity index (χ1n) is 19.5. The molecular weight excluding hydrogens is 977 g/mol. The van der Waals surface area contributed by atoms with Crippen LogP contribution in [0, 0.1) is 0 Å². The standard InChI is InChI=1S/C39H42N2O18S6/c1-38(2)31(40(16-5-6-18-62(44,45)46)27-14-12-23-19-25(60-58-56-42)21-30(64(50,51)52)35(23)36(27)38)9-7-10-32-39(3,4)37-28(41(32)17-8-11-33(41)65(53,54)55)15-13-24-20-26(63(47,48)49)22-29(34(24)37)61-59-57-43/h7,9-10,12-15,19-22,33H,5-6,8,11,16-18H2,1-4H3,(H4-2,42,43,44,45,46,47,48,49,50,51,52,53,54,55)/p+2/b9-7?,32-10+. The molecule has 3 heterocycles. The minimum Gasteiger partial charge on any atom is -0.286 e. The highest BCUT2D eigenvalue weighted by Crippen LogP contribution is 2.60. The summed E-state index contributed by atoms with van der Waals surface area (Å²) in [6.07, 6.45) is 5.87. The summed E-state index contributed by atoms with van der Waals surface area (Å²) in [5, 5.41) is 25.2. The van der Waals surface area contributed by atoms with Crippen LogP contribution in [-0.2, 0) is 70.0 Å². The van der Waals surface area contributed by atoms with Gasteiger partial charge in [-0.05, 0) is 87.4 Å². The van der Waals surface area contributed by atoms with Crippen molar-refractivity contribution in [1.82, 2.24) is 4.48 Å². The summed E-state index contributed by atoms with van der Waals surface area (Å²) in [5.74, 6) is -0.519. The Labute approximate surface area is 382 Å². The lowest BCUT2D eigenvalue weighted by atomic mass is 9.78. The molecule has 65 heavy (non-hydrogen) atoms. The molecule has 3 aliphatic heterocycles. The van der Waals surface area contributed by atoms with Gasteiger partial charge in [0.1, 0.15) is 22.8 Å². The van der Waals surface area contributed by atoms with Gasteiger partial charge >= 0.3 is 10.1 Å². The van der Waals surface area contributed by atoms with E-state index in [1.54, 1.807) is 48.6 Å². The van der Waals surface area contributed by atoms with Gasteiger partial charge in [-0.15, -0.1) is 8.67 Å². The fraction of sp³-hybridized carbons (Fsp3) is 0.359. The van der Waals surface area contributed by atoms with Crippen LogP contribution in [-0.4, -0.2) is 96.9 Å². The van der Waals surface area contributed by atoms with Gasteiger partial charge in [0.25, 0.3) is 30.4 Å². The lowest BCUT2D eigenvalue weighted by Gasteiger charge is -2.37. The second kappa shape index (κ2) is 17.6.